The highest BCUT2D eigenvalue weighted by Gasteiger charge is 2.13. The van der Waals surface area contributed by atoms with E-state index in [0.29, 0.717) is 11.4 Å². The van der Waals surface area contributed by atoms with Crippen LogP contribution in [0.3, 0.4) is 0 Å². The fourth-order valence-corrected chi connectivity index (χ4v) is 2.78. The van der Waals surface area contributed by atoms with Crippen LogP contribution in [0.25, 0.3) is 0 Å². The van der Waals surface area contributed by atoms with E-state index in [1.54, 1.807) is 18.3 Å². The fourth-order valence-electron chi connectivity index (χ4n) is 2.78. The molecule has 1 aromatic carbocycles. The summed E-state index contributed by atoms with van der Waals surface area (Å²) in [6.07, 6.45) is 6.33. The number of methoxy groups -OCH3 is 1. The number of nitrogens with one attached hydrogen (secondary N) is 1. The highest BCUT2D eigenvalue weighted by Crippen LogP contribution is 2.29. The van der Waals surface area contributed by atoms with Gasteiger partial charge in [0.15, 0.2) is 0 Å². The number of benzene rings is 1. The molecule has 0 saturated carbocycles. The molecule has 0 spiro atoms. The van der Waals surface area contributed by atoms with Gasteiger partial charge in [-0.05, 0) is 55.0 Å². The molecule has 1 aromatic heterocycles. The van der Waals surface area contributed by atoms with Crippen LogP contribution in [-0.4, -0.2) is 18.1 Å². The van der Waals surface area contributed by atoms with Crippen molar-refractivity contribution in [3.8, 4) is 0 Å². The number of hydrogen-bond acceptors (Lipinski definition) is 4. The molecule has 0 atom stereocenters. The van der Waals surface area contributed by atoms with Crippen LogP contribution in [0.1, 0.15) is 34.3 Å². The van der Waals surface area contributed by atoms with Crippen molar-refractivity contribution in [1.82, 2.24) is 4.98 Å². The molecule has 0 aliphatic heterocycles. The maximum atomic E-state index is 11.6. The monoisotopic (exact) mass is 282 g/mol. The van der Waals surface area contributed by atoms with Crippen LogP contribution in [0.15, 0.2) is 36.5 Å². The first-order valence-corrected chi connectivity index (χ1v) is 7.20. The first-order valence-electron chi connectivity index (χ1n) is 7.20. The maximum absolute atomic E-state index is 11.6. The van der Waals surface area contributed by atoms with Crippen LogP contribution in [-0.2, 0) is 17.6 Å². The van der Waals surface area contributed by atoms with Gasteiger partial charge < -0.3 is 10.1 Å². The molecular weight excluding hydrogens is 264 g/mol. The van der Waals surface area contributed by atoms with E-state index in [-0.39, 0.29) is 5.97 Å². The van der Waals surface area contributed by atoms with Gasteiger partial charge in [-0.25, -0.2) is 9.78 Å². The Morgan fingerprint density at radius 3 is 2.95 bits per heavy atom. The smallest absolute Gasteiger partial charge is 0.338 e. The molecule has 0 radical (unpaired) electrons. The van der Waals surface area contributed by atoms with Gasteiger partial charge in [0.25, 0.3) is 0 Å². The van der Waals surface area contributed by atoms with Gasteiger partial charge in [0.05, 0.1) is 12.7 Å². The highest BCUT2D eigenvalue weighted by atomic mass is 16.5. The van der Waals surface area contributed by atoms with E-state index < -0.39 is 0 Å². The number of carbonyl (C=O) groups is 1. The van der Waals surface area contributed by atoms with Crippen molar-refractivity contribution < 1.29 is 9.53 Å². The van der Waals surface area contributed by atoms with Crippen molar-refractivity contribution in [3.63, 3.8) is 0 Å². The minimum Gasteiger partial charge on any atom is -0.465 e. The quantitative estimate of drug-likeness (QED) is 0.875. The van der Waals surface area contributed by atoms with Crippen LogP contribution in [0.5, 0.6) is 0 Å². The molecule has 0 unspecified atom stereocenters. The number of nitrogens with zero attached hydrogens (tertiary/aromatic N) is 1. The van der Waals surface area contributed by atoms with Gasteiger partial charge in [-0.3, -0.25) is 0 Å². The Balaban J connectivity index is 1.89. The summed E-state index contributed by atoms with van der Waals surface area (Å²) in [6.45, 7) is 0. The van der Waals surface area contributed by atoms with Crippen molar-refractivity contribution in [2.45, 2.75) is 25.7 Å². The van der Waals surface area contributed by atoms with E-state index in [4.69, 9.17) is 4.74 Å². The Kier molecular flexibility index (Phi) is 3.86. The molecule has 0 fully saturated rings. The number of pyridine rings is 1. The number of ether oxygens (including phenoxy) is 1. The summed E-state index contributed by atoms with van der Waals surface area (Å²) in [6, 6.07) is 9.69. The number of fused-ring (bicyclic) bond motifs is 1. The van der Waals surface area contributed by atoms with Gasteiger partial charge >= 0.3 is 5.97 Å². The summed E-state index contributed by atoms with van der Waals surface area (Å²) in [5, 5.41) is 3.33. The second-order valence-electron chi connectivity index (χ2n) is 5.20. The minimum absolute atomic E-state index is 0.351. The largest absolute Gasteiger partial charge is 0.465 e. The lowest BCUT2D eigenvalue weighted by Gasteiger charge is -2.20. The summed E-state index contributed by atoms with van der Waals surface area (Å²) in [5.74, 6) is 0.312. The summed E-state index contributed by atoms with van der Waals surface area (Å²) in [7, 11) is 1.38. The van der Waals surface area contributed by atoms with E-state index in [2.05, 4.69) is 28.5 Å². The molecule has 1 aliphatic carbocycles. The van der Waals surface area contributed by atoms with Gasteiger partial charge in [-0.2, -0.15) is 0 Å². The Bertz CT molecular complexity index is 668. The molecule has 1 heterocycles. The molecule has 0 bridgehead atoms. The van der Waals surface area contributed by atoms with Gasteiger partial charge in [-0.1, -0.05) is 12.1 Å². The Morgan fingerprint density at radius 1 is 1.24 bits per heavy atom. The number of carbonyl (C=O) groups excluding carboxylic acids is 1. The summed E-state index contributed by atoms with van der Waals surface area (Å²) >= 11 is 0. The van der Waals surface area contributed by atoms with Gasteiger partial charge in [0.1, 0.15) is 5.82 Å². The van der Waals surface area contributed by atoms with E-state index in [1.807, 2.05) is 0 Å². The third kappa shape index (κ3) is 2.89. The molecule has 4 nitrogen and oxygen atoms in total. The fraction of sp³-hybridized carbons (Fsp3) is 0.294. The van der Waals surface area contributed by atoms with Crippen LogP contribution < -0.4 is 5.32 Å². The van der Waals surface area contributed by atoms with Crippen LogP contribution in [0, 0.1) is 0 Å². The zero-order chi connectivity index (χ0) is 14.7. The highest BCUT2D eigenvalue weighted by molar-refractivity contribution is 5.90. The number of rotatable bonds is 3. The molecule has 1 N–H and O–H groups in total. The molecule has 2 aromatic rings. The second-order valence-corrected chi connectivity index (χ2v) is 5.20. The Morgan fingerprint density at radius 2 is 2.10 bits per heavy atom. The molecule has 0 amide bonds. The first kappa shape index (κ1) is 13.6. The summed E-state index contributed by atoms with van der Waals surface area (Å²) in [5.41, 5.74) is 4.37. The van der Waals surface area contributed by atoms with E-state index >= 15 is 0 Å². The lowest BCUT2D eigenvalue weighted by molar-refractivity contribution is 0.0600. The summed E-state index contributed by atoms with van der Waals surface area (Å²) < 4.78 is 4.74. The lowest BCUT2D eigenvalue weighted by Crippen LogP contribution is -2.07. The first-order chi connectivity index (χ1) is 10.3. The van der Waals surface area contributed by atoms with Crippen molar-refractivity contribution in [1.29, 1.82) is 0 Å². The van der Waals surface area contributed by atoms with Crippen molar-refractivity contribution in [3.05, 3.63) is 53.2 Å². The van der Waals surface area contributed by atoms with Gasteiger partial charge in [-0.15, -0.1) is 0 Å². The number of hydrogen-bond donors (Lipinski definition) is 1. The molecule has 1 aliphatic rings. The summed E-state index contributed by atoms with van der Waals surface area (Å²) in [4.78, 5) is 15.9. The van der Waals surface area contributed by atoms with Crippen LogP contribution >= 0.6 is 0 Å². The average molecular weight is 282 g/mol. The Hall–Kier alpha value is -2.36. The van der Waals surface area contributed by atoms with Crippen LogP contribution in [0.4, 0.5) is 11.5 Å². The molecular formula is C17H18N2O2. The SMILES string of the molecule is COC(=O)c1ccnc(Nc2cccc3c2CCCC3)c1. The Labute approximate surface area is 124 Å². The predicted octanol–water partition coefficient (Wildman–Crippen LogP) is 3.49. The van der Waals surface area contributed by atoms with Crippen LogP contribution in [0.2, 0.25) is 0 Å². The second kappa shape index (κ2) is 5.95. The molecule has 0 saturated heterocycles. The molecule has 3 rings (SSSR count). The zero-order valence-electron chi connectivity index (χ0n) is 12.1. The standard InChI is InChI=1S/C17H18N2O2/c1-21-17(20)13-9-10-18-16(11-13)19-15-8-4-6-12-5-2-3-7-14(12)15/h4,6,8-11H,2-3,5,7H2,1H3,(H,18,19). The topological polar surface area (TPSA) is 51.2 Å². The number of aryl methyl sites for hydroxylation is 1. The zero-order valence-corrected chi connectivity index (χ0v) is 12.1. The molecule has 4 heteroatoms. The normalized spacial score (nSPS) is 13.4. The number of anilines is 2. The maximum Gasteiger partial charge on any atom is 0.338 e. The van der Waals surface area contributed by atoms with E-state index in [0.717, 1.165) is 18.5 Å². The van der Waals surface area contributed by atoms with Gasteiger partial charge in [0, 0.05) is 11.9 Å². The van der Waals surface area contributed by atoms with Crippen molar-refractivity contribution >= 4 is 17.5 Å². The minimum atomic E-state index is -0.351. The number of esters is 1. The molecule has 21 heavy (non-hydrogen) atoms. The lowest BCUT2D eigenvalue weighted by atomic mass is 9.90. The third-order valence-corrected chi connectivity index (χ3v) is 3.84. The van der Waals surface area contributed by atoms with Crippen molar-refractivity contribution in [2.24, 2.45) is 0 Å². The van der Waals surface area contributed by atoms with Crippen molar-refractivity contribution in [2.75, 3.05) is 12.4 Å². The molecule has 108 valence electrons. The average Bonchev–Trinajstić information content (AvgIpc) is 2.55. The number of aromatic nitrogens is 1. The van der Waals surface area contributed by atoms with Gasteiger partial charge in [0.2, 0.25) is 0 Å². The predicted molar refractivity (Wildman–Crippen MR) is 81.9 cm³/mol. The van der Waals surface area contributed by atoms with E-state index in [1.165, 1.54) is 31.1 Å². The van der Waals surface area contributed by atoms with E-state index in [9.17, 15) is 4.79 Å². The third-order valence-electron chi connectivity index (χ3n) is 3.84.